The maximum Gasteiger partial charge on any atom is 0.255 e. The summed E-state index contributed by atoms with van der Waals surface area (Å²) in [5.74, 6) is -1.19. The van der Waals surface area contributed by atoms with E-state index in [0.29, 0.717) is 16.9 Å². The number of halogens is 1. The van der Waals surface area contributed by atoms with Gasteiger partial charge in [0, 0.05) is 28.8 Å². The molecule has 6 nitrogen and oxygen atoms in total. The van der Waals surface area contributed by atoms with Crippen molar-refractivity contribution in [3.8, 4) is 0 Å². The second-order valence-electron chi connectivity index (χ2n) is 9.38. The number of hydrogen-bond donors (Lipinski definition) is 3. The molecule has 0 bridgehead atoms. The topological polar surface area (TPSA) is 87.3 Å². The summed E-state index contributed by atoms with van der Waals surface area (Å²) in [6.45, 7) is 0. The van der Waals surface area contributed by atoms with Gasteiger partial charge in [-0.05, 0) is 62.1 Å². The first-order valence-corrected chi connectivity index (χ1v) is 12.3. The molecule has 0 atom stereocenters. The smallest absolute Gasteiger partial charge is 0.255 e. The Bertz CT molecular complexity index is 1040. The van der Waals surface area contributed by atoms with Crippen LogP contribution < -0.4 is 16.0 Å². The van der Waals surface area contributed by atoms with Crippen LogP contribution in [0.4, 0.5) is 21.5 Å². The van der Waals surface area contributed by atoms with Gasteiger partial charge >= 0.3 is 0 Å². The standard InChI is InChI=1S/C27H32FN3O3/c28-23-15-14-22(17-24(23)31-26(33)19-10-5-2-6-11-19)30-27(34)20-12-7-13-21(16-20)29-25(32)18-8-3-1-4-9-18/h7,12-19H,1-6,8-11H2,(H,29,32)(H,30,34)(H,31,33). The normalized spacial score (nSPS) is 17.1. The fourth-order valence-electron chi connectivity index (χ4n) is 4.85. The fourth-order valence-corrected chi connectivity index (χ4v) is 4.85. The second kappa shape index (κ2) is 11.3. The third-order valence-electron chi connectivity index (χ3n) is 6.83. The predicted molar refractivity (Wildman–Crippen MR) is 131 cm³/mol. The van der Waals surface area contributed by atoms with E-state index < -0.39 is 5.82 Å². The lowest BCUT2D eigenvalue weighted by Gasteiger charge is -2.21. The van der Waals surface area contributed by atoms with Gasteiger partial charge in [0.25, 0.3) is 5.91 Å². The zero-order valence-corrected chi connectivity index (χ0v) is 19.4. The molecule has 0 unspecified atom stereocenters. The average Bonchev–Trinajstić information content (AvgIpc) is 2.87. The van der Waals surface area contributed by atoms with Crippen molar-refractivity contribution >= 4 is 34.8 Å². The third kappa shape index (κ3) is 6.22. The average molecular weight is 466 g/mol. The number of anilines is 3. The van der Waals surface area contributed by atoms with E-state index in [-0.39, 0.29) is 35.2 Å². The van der Waals surface area contributed by atoms with Crippen LogP contribution in [0.2, 0.25) is 0 Å². The molecule has 2 saturated carbocycles. The van der Waals surface area contributed by atoms with E-state index in [2.05, 4.69) is 16.0 Å². The van der Waals surface area contributed by atoms with Crippen LogP contribution >= 0.6 is 0 Å². The first kappa shape index (κ1) is 23.9. The molecule has 2 aliphatic rings. The summed E-state index contributed by atoms with van der Waals surface area (Å²) in [5, 5.41) is 8.36. The van der Waals surface area contributed by atoms with E-state index in [1.807, 2.05) is 0 Å². The maximum atomic E-state index is 14.3. The summed E-state index contributed by atoms with van der Waals surface area (Å²) in [7, 11) is 0. The number of nitrogens with one attached hydrogen (secondary N) is 3. The maximum absolute atomic E-state index is 14.3. The molecule has 2 aromatic carbocycles. The van der Waals surface area contributed by atoms with Gasteiger partial charge in [-0.25, -0.2) is 4.39 Å². The number of hydrogen-bond acceptors (Lipinski definition) is 3. The quantitative estimate of drug-likeness (QED) is 0.481. The Morgan fingerprint density at radius 2 is 1.26 bits per heavy atom. The lowest BCUT2D eigenvalue weighted by atomic mass is 9.88. The number of benzene rings is 2. The molecule has 3 N–H and O–H groups in total. The van der Waals surface area contributed by atoms with Crippen LogP contribution in [0.5, 0.6) is 0 Å². The van der Waals surface area contributed by atoms with Gasteiger partial charge in [0.15, 0.2) is 0 Å². The molecule has 180 valence electrons. The second-order valence-corrected chi connectivity index (χ2v) is 9.38. The molecule has 4 rings (SSSR count). The highest BCUT2D eigenvalue weighted by molar-refractivity contribution is 6.06. The molecular weight excluding hydrogens is 433 g/mol. The number of amides is 3. The minimum Gasteiger partial charge on any atom is -0.326 e. The van der Waals surface area contributed by atoms with Gasteiger partial charge in [-0.3, -0.25) is 14.4 Å². The van der Waals surface area contributed by atoms with Gasteiger partial charge in [0.05, 0.1) is 5.69 Å². The monoisotopic (exact) mass is 465 g/mol. The van der Waals surface area contributed by atoms with Crippen LogP contribution in [0.1, 0.15) is 74.6 Å². The summed E-state index contributed by atoms with van der Waals surface area (Å²) in [6, 6.07) is 10.9. The van der Waals surface area contributed by atoms with Gasteiger partial charge in [-0.2, -0.15) is 0 Å². The molecule has 0 aromatic heterocycles. The first-order valence-electron chi connectivity index (χ1n) is 12.3. The summed E-state index contributed by atoms with van der Waals surface area (Å²) in [6.07, 6.45) is 9.90. The van der Waals surface area contributed by atoms with Gasteiger partial charge < -0.3 is 16.0 Å². The van der Waals surface area contributed by atoms with E-state index >= 15 is 0 Å². The summed E-state index contributed by atoms with van der Waals surface area (Å²) >= 11 is 0. The van der Waals surface area contributed by atoms with Crippen LogP contribution in [0.25, 0.3) is 0 Å². The van der Waals surface area contributed by atoms with Gasteiger partial charge in [0.2, 0.25) is 11.8 Å². The lowest BCUT2D eigenvalue weighted by Crippen LogP contribution is -2.25. The molecule has 3 amide bonds. The Labute approximate surface area is 199 Å². The van der Waals surface area contributed by atoms with Crippen molar-refractivity contribution in [2.24, 2.45) is 11.8 Å². The van der Waals surface area contributed by atoms with Gasteiger partial charge in [0.1, 0.15) is 5.82 Å². The zero-order valence-electron chi connectivity index (χ0n) is 19.4. The predicted octanol–water partition coefficient (Wildman–Crippen LogP) is 6.12. The molecule has 2 fully saturated rings. The Morgan fingerprint density at radius 3 is 1.91 bits per heavy atom. The molecule has 0 aliphatic heterocycles. The van der Waals surface area contributed by atoms with Crippen molar-refractivity contribution < 1.29 is 18.8 Å². The van der Waals surface area contributed by atoms with E-state index in [9.17, 15) is 18.8 Å². The number of rotatable bonds is 6. The third-order valence-corrected chi connectivity index (χ3v) is 6.83. The van der Waals surface area contributed by atoms with Crippen LogP contribution in [0, 0.1) is 17.7 Å². The van der Waals surface area contributed by atoms with Crippen molar-refractivity contribution in [2.75, 3.05) is 16.0 Å². The van der Waals surface area contributed by atoms with Crippen molar-refractivity contribution in [3.63, 3.8) is 0 Å². The summed E-state index contributed by atoms with van der Waals surface area (Å²) in [4.78, 5) is 37.9. The van der Waals surface area contributed by atoms with Gasteiger partial charge in [-0.15, -0.1) is 0 Å². The van der Waals surface area contributed by atoms with E-state index in [4.69, 9.17) is 0 Å². The SMILES string of the molecule is O=C(Nc1ccc(F)c(NC(=O)C2CCCCC2)c1)c1cccc(NC(=O)C2CCCCC2)c1. The van der Waals surface area contributed by atoms with Crippen LogP contribution in [-0.4, -0.2) is 17.7 Å². The van der Waals surface area contributed by atoms with Crippen molar-refractivity contribution in [3.05, 3.63) is 53.8 Å². The van der Waals surface area contributed by atoms with E-state index in [1.54, 1.807) is 24.3 Å². The highest BCUT2D eigenvalue weighted by Gasteiger charge is 2.23. The van der Waals surface area contributed by atoms with E-state index in [0.717, 1.165) is 57.8 Å². The van der Waals surface area contributed by atoms with Crippen molar-refractivity contribution in [1.29, 1.82) is 0 Å². The zero-order chi connectivity index (χ0) is 23.9. The molecule has 0 spiro atoms. The highest BCUT2D eigenvalue weighted by Crippen LogP contribution is 2.27. The van der Waals surface area contributed by atoms with Crippen molar-refractivity contribution in [2.45, 2.75) is 64.2 Å². The molecule has 0 saturated heterocycles. The number of carbonyl (C=O) groups excluding carboxylic acids is 3. The fraction of sp³-hybridized carbons (Fsp3) is 0.444. The van der Waals surface area contributed by atoms with Gasteiger partial charge in [-0.1, -0.05) is 44.6 Å². The largest absolute Gasteiger partial charge is 0.326 e. The molecule has 7 heteroatoms. The molecule has 2 aromatic rings. The minimum atomic E-state index is -0.547. The highest BCUT2D eigenvalue weighted by atomic mass is 19.1. The summed E-state index contributed by atoms with van der Waals surface area (Å²) < 4.78 is 14.3. The molecule has 0 radical (unpaired) electrons. The number of carbonyl (C=O) groups is 3. The Balaban J connectivity index is 1.39. The Kier molecular flexibility index (Phi) is 7.93. The minimum absolute atomic E-state index is 0.00542. The summed E-state index contributed by atoms with van der Waals surface area (Å²) in [5.41, 5.74) is 1.38. The van der Waals surface area contributed by atoms with Crippen LogP contribution in [0.3, 0.4) is 0 Å². The van der Waals surface area contributed by atoms with Crippen molar-refractivity contribution in [1.82, 2.24) is 0 Å². The van der Waals surface area contributed by atoms with Crippen LogP contribution in [-0.2, 0) is 9.59 Å². The molecule has 2 aliphatic carbocycles. The van der Waals surface area contributed by atoms with Crippen LogP contribution in [0.15, 0.2) is 42.5 Å². The first-order chi connectivity index (χ1) is 16.5. The lowest BCUT2D eigenvalue weighted by molar-refractivity contribution is -0.121. The Hall–Kier alpha value is -3.22. The Morgan fingerprint density at radius 1 is 0.676 bits per heavy atom. The molecule has 0 heterocycles. The molecular formula is C27H32FN3O3. The molecule has 34 heavy (non-hydrogen) atoms. The van der Waals surface area contributed by atoms with E-state index in [1.165, 1.54) is 24.6 Å².